The van der Waals surface area contributed by atoms with Crippen LogP contribution in [0.25, 0.3) is 10.9 Å². The maximum Gasteiger partial charge on any atom is 0.306 e. The molecule has 2 heterocycles. The molecule has 1 aromatic heterocycles. The molecule has 0 amide bonds. The van der Waals surface area contributed by atoms with Crippen LogP contribution in [-0.2, 0) is 9.53 Å². The van der Waals surface area contributed by atoms with E-state index >= 15 is 0 Å². The first kappa shape index (κ1) is 18.2. The van der Waals surface area contributed by atoms with Crippen molar-refractivity contribution >= 4 is 22.7 Å². The molecule has 1 aliphatic rings. The molecule has 0 atom stereocenters. The van der Waals surface area contributed by atoms with E-state index in [1.807, 2.05) is 12.1 Å². The highest BCUT2D eigenvalue weighted by Crippen LogP contribution is 2.34. The molecule has 26 heavy (non-hydrogen) atoms. The second-order valence-corrected chi connectivity index (χ2v) is 6.08. The SMILES string of the molecule is COC(=O)CCN1CCN(c2ncnc3cc(OC)c(OC)cc23)CC1. The van der Waals surface area contributed by atoms with Crippen LogP contribution in [0.4, 0.5) is 5.82 Å². The second-order valence-electron chi connectivity index (χ2n) is 6.08. The van der Waals surface area contributed by atoms with Crippen LogP contribution in [-0.4, -0.2) is 74.9 Å². The molecule has 8 heteroatoms. The van der Waals surface area contributed by atoms with E-state index in [0.717, 1.165) is 49.4 Å². The van der Waals surface area contributed by atoms with Gasteiger partial charge in [-0.3, -0.25) is 9.69 Å². The van der Waals surface area contributed by atoms with E-state index in [9.17, 15) is 4.79 Å². The highest BCUT2D eigenvalue weighted by Gasteiger charge is 2.21. The highest BCUT2D eigenvalue weighted by molar-refractivity contribution is 5.92. The fourth-order valence-corrected chi connectivity index (χ4v) is 3.16. The molecule has 0 aliphatic carbocycles. The van der Waals surface area contributed by atoms with Crippen LogP contribution in [0.2, 0.25) is 0 Å². The van der Waals surface area contributed by atoms with Gasteiger partial charge >= 0.3 is 5.97 Å². The summed E-state index contributed by atoms with van der Waals surface area (Å²) in [6, 6.07) is 3.79. The molecule has 0 spiro atoms. The molecule has 140 valence electrons. The van der Waals surface area contributed by atoms with Crippen molar-refractivity contribution in [2.75, 3.05) is 59.0 Å². The molecule has 2 aromatic rings. The minimum atomic E-state index is -0.171. The van der Waals surface area contributed by atoms with Gasteiger partial charge in [0.15, 0.2) is 11.5 Å². The van der Waals surface area contributed by atoms with Crippen molar-refractivity contribution in [3.8, 4) is 11.5 Å². The Morgan fingerprint density at radius 1 is 1.04 bits per heavy atom. The number of nitrogens with zero attached hydrogens (tertiary/aromatic N) is 4. The van der Waals surface area contributed by atoms with Gasteiger partial charge in [0, 0.05) is 44.2 Å². The monoisotopic (exact) mass is 360 g/mol. The summed E-state index contributed by atoms with van der Waals surface area (Å²) in [4.78, 5) is 24.7. The van der Waals surface area contributed by atoms with E-state index in [0.29, 0.717) is 17.9 Å². The standard InChI is InChI=1S/C18H24N4O4/c1-24-15-10-13-14(11-16(15)25-2)19-12-20-18(13)22-8-6-21(7-9-22)5-4-17(23)26-3/h10-12H,4-9H2,1-3H3. The van der Waals surface area contributed by atoms with Crippen molar-refractivity contribution in [3.05, 3.63) is 18.5 Å². The maximum absolute atomic E-state index is 11.3. The fraction of sp³-hybridized carbons (Fsp3) is 0.500. The number of methoxy groups -OCH3 is 3. The zero-order valence-corrected chi connectivity index (χ0v) is 15.4. The van der Waals surface area contributed by atoms with Gasteiger partial charge in [-0.25, -0.2) is 9.97 Å². The number of ether oxygens (including phenoxy) is 3. The van der Waals surface area contributed by atoms with Crippen LogP contribution in [0.3, 0.4) is 0 Å². The Labute approximate surface area is 152 Å². The first-order chi connectivity index (χ1) is 12.7. The van der Waals surface area contributed by atoms with Gasteiger partial charge in [-0.15, -0.1) is 0 Å². The van der Waals surface area contributed by atoms with Crippen molar-refractivity contribution in [2.24, 2.45) is 0 Å². The zero-order valence-electron chi connectivity index (χ0n) is 15.4. The minimum absolute atomic E-state index is 0.171. The van der Waals surface area contributed by atoms with E-state index in [1.165, 1.54) is 7.11 Å². The van der Waals surface area contributed by atoms with Crippen molar-refractivity contribution < 1.29 is 19.0 Å². The number of carbonyl (C=O) groups is 1. The Hall–Kier alpha value is -2.61. The lowest BCUT2D eigenvalue weighted by atomic mass is 10.2. The van der Waals surface area contributed by atoms with Gasteiger partial charge in [-0.2, -0.15) is 0 Å². The molecule has 8 nitrogen and oxygen atoms in total. The van der Waals surface area contributed by atoms with Crippen LogP contribution in [0.1, 0.15) is 6.42 Å². The average molecular weight is 360 g/mol. The minimum Gasteiger partial charge on any atom is -0.493 e. The lowest BCUT2D eigenvalue weighted by Crippen LogP contribution is -2.47. The number of benzene rings is 1. The largest absolute Gasteiger partial charge is 0.493 e. The van der Waals surface area contributed by atoms with E-state index in [1.54, 1.807) is 20.5 Å². The van der Waals surface area contributed by atoms with Gasteiger partial charge in [0.1, 0.15) is 12.1 Å². The van der Waals surface area contributed by atoms with Gasteiger partial charge < -0.3 is 19.1 Å². The van der Waals surface area contributed by atoms with Gasteiger partial charge in [-0.05, 0) is 6.07 Å². The number of rotatable bonds is 6. The van der Waals surface area contributed by atoms with E-state index < -0.39 is 0 Å². The zero-order chi connectivity index (χ0) is 18.5. The molecule has 1 aromatic carbocycles. The number of fused-ring (bicyclic) bond motifs is 1. The highest BCUT2D eigenvalue weighted by atomic mass is 16.5. The first-order valence-electron chi connectivity index (χ1n) is 8.57. The second kappa shape index (κ2) is 8.18. The topological polar surface area (TPSA) is 77.0 Å². The summed E-state index contributed by atoms with van der Waals surface area (Å²) in [6.45, 7) is 4.13. The maximum atomic E-state index is 11.3. The predicted molar refractivity (Wildman–Crippen MR) is 97.9 cm³/mol. The third-order valence-electron chi connectivity index (χ3n) is 4.65. The van der Waals surface area contributed by atoms with Crippen molar-refractivity contribution in [3.63, 3.8) is 0 Å². The average Bonchev–Trinajstić information content (AvgIpc) is 2.70. The third kappa shape index (κ3) is 3.80. The molecular formula is C18H24N4O4. The van der Waals surface area contributed by atoms with Crippen LogP contribution in [0.5, 0.6) is 11.5 Å². The smallest absolute Gasteiger partial charge is 0.306 e. The lowest BCUT2D eigenvalue weighted by Gasteiger charge is -2.35. The van der Waals surface area contributed by atoms with E-state index in [2.05, 4.69) is 19.8 Å². The number of carbonyl (C=O) groups excluding carboxylic acids is 1. The molecule has 0 unspecified atom stereocenters. The predicted octanol–water partition coefficient (Wildman–Crippen LogP) is 1.33. The van der Waals surface area contributed by atoms with Gasteiger partial charge in [0.25, 0.3) is 0 Å². The molecule has 1 aliphatic heterocycles. The van der Waals surface area contributed by atoms with Gasteiger partial charge in [0.05, 0.1) is 33.3 Å². The van der Waals surface area contributed by atoms with E-state index in [4.69, 9.17) is 14.2 Å². The lowest BCUT2D eigenvalue weighted by molar-refractivity contribution is -0.141. The van der Waals surface area contributed by atoms with E-state index in [-0.39, 0.29) is 5.97 Å². The number of piperazine rings is 1. The number of hydrogen-bond acceptors (Lipinski definition) is 8. The summed E-state index contributed by atoms with van der Waals surface area (Å²) in [5.74, 6) is 2.03. The Bertz CT molecular complexity index is 775. The Kier molecular flexibility index (Phi) is 5.72. The van der Waals surface area contributed by atoms with Crippen LogP contribution < -0.4 is 14.4 Å². The molecule has 0 bridgehead atoms. The molecule has 1 fully saturated rings. The normalized spacial score (nSPS) is 15.1. The molecular weight excluding hydrogens is 336 g/mol. The first-order valence-corrected chi connectivity index (χ1v) is 8.57. The Morgan fingerprint density at radius 2 is 1.73 bits per heavy atom. The number of anilines is 1. The van der Waals surface area contributed by atoms with Crippen molar-refractivity contribution in [2.45, 2.75) is 6.42 Å². The summed E-state index contributed by atoms with van der Waals surface area (Å²) < 4.78 is 15.5. The summed E-state index contributed by atoms with van der Waals surface area (Å²) in [5.41, 5.74) is 0.820. The van der Waals surface area contributed by atoms with Crippen LogP contribution in [0.15, 0.2) is 18.5 Å². The summed E-state index contributed by atoms with van der Waals surface area (Å²) in [6.07, 6.45) is 2.00. The molecule has 1 saturated heterocycles. The van der Waals surface area contributed by atoms with Crippen molar-refractivity contribution in [1.29, 1.82) is 0 Å². The van der Waals surface area contributed by atoms with Crippen LogP contribution >= 0.6 is 0 Å². The summed E-state index contributed by atoms with van der Waals surface area (Å²) >= 11 is 0. The van der Waals surface area contributed by atoms with Crippen molar-refractivity contribution in [1.82, 2.24) is 14.9 Å². The number of esters is 1. The molecule has 0 N–H and O–H groups in total. The number of hydrogen-bond donors (Lipinski definition) is 0. The van der Waals surface area contributed by atoms with Crippen LogP contribution in [0, 0.1) is 0 Å². The molecule has 0 saturated carbocycles. The van der Waals surface area contributed by atoms with Gasteiger partial charge in [-0.1, -0.05) is 0 Å². The molecule has 3 rings (SSSR count). The number of aromatic nitrogens is 2. The Morgan fingerprint density at radius 3 is 2.38 bits per heavy atom. The molecule has 0 radical (unpaired) electrons. The summed E-state index contributed by atoms with van der Waals surface area (Å²) in [7, 11) is 4.65. The summed E-state index contributed by atoms with van der Waals surface area (Å²) in [5, 5.41) is 0.938. The Balaban J connectivity index is 1.76. The third-order valence-corrected chi connectivity index (χ3v) is 4.65. The quantitative estimate of drug-likeness (QED) is 0.714. The fourth-order valence-electron chi connectivity index (χ4n) is 3.16. The van der Waals surface area contributed by atoms with Gasteiger partial charge in [0.2, 0.25) is 0 Å².